The van der Waals surface area contributed by atoms with E-state index >= 15 is 0 Å². The van der Waals surface area contributed by atoms with Gasteiger partial charge in [-0.05, 0) is 24.6 Å². The van der Waals surface area contributed by atoms with Crippen molar-refractivity contribution in [2.24, 2.45) is 0 Å². The maximum atomic E-state index is 13.1. The highest BCUT2D eigenvalue weighted by atomic mass is 19.2. The molecule has 2 nitrogen and oxygen atoms in total. The Hall–Kier alpha value is -2.28. The zero-order chi connectivity index (χ0) is 14.4. The van der Waals surface area contributed by atoms with Gasteiger partial charge in [0.25, 0.3) is 0 Å². The third-order valence-corrected chi connectivity index (χ3v) is 2.72. The van der Waals surface area contributed by atoms with Gasteiger partial charge in [0, 0.05) is 24.4 Å². The zero-order valence-corrected chi connectivity index (χ0v) is 11.2. The number of aromatic nitrogens is 2. The molecule has 2 aromatic rings. The molecule has 4 heteroatoms. The molecule has 0 unspecified atom stereocenters. The van der Waals surface area contributed by atoms with Crippen LogP contribution in [-0.2, 0) is 0 Å². The maximum Gasteiger partial charge on any atom is 0.159 e. The summed E-state index contributed by atoms with van der Waals surface area (Å²) in [4.78, 5) is 8.23. The molecule has 0 saturated heterocycles. The fraction of sp³-hybridized carbons (Fsp3) is 0.250. The van der Waals surface area contributed by atoms with E-state index < -0.39 is 11.6 Å². The van der Waals surface area contributed by atoms with E-state index in [0.29, 0.717) is 17.0 Å². The van der Waals surface area contributed by atoms with Crippen LogP contribution >= 0.6 is 0 Å². The summed E-state index contributed by atoms with van der Waals surface area (Å²) < 4.78 is 26.0. The van der Waals surface area contributed by atoms with Crippen molar-refractivity contribution >= 4 is 0 Å². The number of hydrogen-bond donors (Lipinski definition) is 0. The van der Waals surface area contributed by atoms with Gasteiger partial charge in [-0.3, -0.25) is 0 Å². The van der Waals surface area contributed by atoms with Crippen LogP contribution in [0.2, 0.25) is 0 Å². The van der Waals surface area contributed by atoms with Crippen molar-refractivity contribution in [3.8, 4) is 23.2 Å². The average Bonchev–Trinajstić information content (AvgIpc) is 2.47. The van der Waals surface area contributed by atoms with Gasteiger partial charge in [-0.2, -0.15) is 0 Å². The number of nitrogens with zero attached hydrogens (tertiary/aromatic N) is 2. The number of halogens is 2. The molecule has 1 aromatic heterocycles. The largest absolute Gasteiger partial charge is 0.235 e. The Morgan fingerprint density at radius 2 is 1.85 bits per heavy atom. The molecule has 0 aliphatic carbocycles. The molecule has 0 bridgehead atoms. The Labute approximate surface area is 116 Å². The topological polar surface area (TPSA) is 25.8 Å². The van der Waals surface area contributed by atoms with Crippen molar-refractivity contribution in [3.05, 3.63) is 47.8 Å². The van der Waals surface area contributed by atoms with Crippen molar-refractivity contribution in [1.29, 1.82) is 0 Å². The van der Waals surface area contributed by atoms with Crippen LogP contribution in [0.5, 0.6) is 0 Å². The van der Waals surface area contributed by atoms with Gasteiger partial charge < -0.3 is 0 Å². The van der Waals surface area contributed by atoms with E-state index in [9.17, 15) is 8.78 Å². The van der Waals surface area contributed by atoms with E-state index in [0.717, 1.165) is 31.4 Å². The van der Waals surface area contributed by atoms with Crippen LogP contribution in [0.15, 0.2) is 30.6 Å². The number of benzene rings is 1. The summed E-state index contributed by atoms with van der Waals surface area (Å²) in [7, 11) is 0. The number of rotatable bonds is 3. The first kappa shape index (κ1) is 14.1. The standard InChI is InChI=1S/C16H14F2N2/c1-2-3-4-5-6-12-10-19-16(20-11-12)13-7-8-14(17)15(18)9-13/h7-11H,2-4H2,1H3. The van der Waals surface area contributed by atoms with Crippen LogP contribution in [-0.4, -0.2) is 9.97 Å². The number of unbranched alkanes of at least 4 members (excludes halogenated alkanes) is 2. The lowest BCUT2D eigenvalue weighted by Gasteiger charge is -2.00. The Bertz CT molecular complexity index is 640. The van der Waals surface area contributed by atoms with E-state index in [2.05, 4.69) is 28.7 Å². The van der Waals surface area contributed by atoms with Gasteiger partial charge in [0.15, 0.2) is 17.5 Å². The minimum atomic E-state index is -0.908. The Morgan fingerprint density at radius 1 is 1.10 bits per heavy atom. The molecule has 0 spiro atoms. The molecule has 0 amide bonds. The summed E-state index contributed by atoms with van der Waals surface area (Å²) in [6.45, 7) is 2.11. The van der Waals surface area contributed by atoms with Gasteiger partial charge in [-0.25, -0.2) is 18.7 Å². The molecule has 2 rings (SSSR count). The van der Waals surface area contributed by atoms with Crippen molar-refractivity contribution in [3.63, 3.8) is 0 Å². The van der Waals surface area contributed by atoms with Crippen molar-refractivity contribution < 1.29 is 8.78 Å². The van der Waals surface area contributed by atoms with Gasteiger partial charge >= 0.3 is 0 Å². The summed E-state index contributed by atoms with van der Waals surface area (Å²) in [5.41, 5.74) is 1.15. The van der Waals surface area contributed by atoms with Gasteiger partial charge in [0.1, 0.15) is 0 Å². The van der Waals surface area contributed by atoms with E-state index in [1.807, 2.05) is 0 Å². The molecule has 1 heterocycles. The lowest BCUT2D eigenvalue weighted by Crippen LogP contribution is -1.92. The third kappa shape index (κ3) is 3.61. The second-order valence-electron chi connectivity index (χ2n) is 4.33. The quantitative estimate of drug-likeness (QED) is 0.624. The minimum Gasteiger partial charge on any atom is -0.235 e. The summed E-state index contributed by atoms with van der Waals surface area (Å²) in [6.07, 6.45) is 6.20. The summed E-state index contributed by atoms with van der Waals surface area (Å²) >= 11 is 0. The summed E-state index contributed by atoms with van der Waals surface area (Å²) in [5, 5.41) is 0. The van der Waals surface area contributed by atoms with Crippen LogP contribution in [0, 0.1) is 23.5 Å². The zero-order valence-electron chi connectivity index (χ0n) is 11.2. The van der Waals surface area contributed by atoms with E-state index in [1.54, 1.807) is 12.4 Å². The van der Waals surface area contributed by atoms with E-state index in [1.165, 1.54) is 6.07 Å². The first-order valence-electron chi connectivity index (χ1n) is 6.47. The van der Waals surface area contributed by atoms with Crippen LogP contribution in [0.1, 0.15) is 31.7 Å². The predicted octanol–water partition coefficient (Wildman–Crippen LogP) is 3.96. The van der Waals surface area contributed by atoms with Gasteiger partial charge in [0.2, 0.25) is 0 Å². The van der Waals surface area contributed by atoms with E-state index in [-0.39, 0.29) is 0 Å². The summed E-state index contributed by atoms with van der Waals surface area (Å²) in [5.74, 6) is 4.57. The molecular weight excluding hydrogens is 258 g/mol. The second-order valence-corrected chi connectivity index (χ2v) is 4.33. The van der Waals surface area contributed by atoms with Gasteiger partial charge in [0.05, 0.1) is 5.56 Å². The first-order chi connectivity index (χ1) is 9.70. The highest BCUT2D eigenvalue weighted by Crippen LogP contribution is 2.17. The highest BCUT2D eigenvalue weighted by molar-refractivity contribution is 5.55. The molecule has 0 aliphatic heterocycles. The SMILES string of the molecule is CCCCC#Cc1cnc(-c2ccc(F)c(F)c2)nc1. The van der Waals surface area contributed by atoms with Crippen molar-refractivity contribution in [2.75, 3.05) is 0 Å². The average molecular weight is 272 g/mol. The van der Waals surface area contributed by atoms with Crippen molar-refractivity contribution in [2.45, 2.75) is 26.2 Å². The second kappa shape index (κ2) is 6.76. The van der Waals surface area contributed by atoms with Gasteiger partial charge in [-0.1, -0.05) is 25.2 Å². The molecule has 102 valence electrons. The molecule has 0 radical (unpaired) electrons. The molecule has 0 aliphatic rings. The fourth-order valence-electron chi connectivity index (χ4n) is 1.61. The Balaban J connectivity index is 2.14. The normalized spacial score (nSPS) is 9.95. The van der Waals surface area contributed by atoms with Crippen molar-refractivity contribution in [1.82, 2.24) is 9.97 Å². The first-order valence-corrected chi connectivity index (χ1v) is 6.47. The fourth-order valence-corrected chi connectivity index (χ4v) is 1.61. The Morgan fingerprint density at radius 3 is 2.50 bits per heavy atom. The number of hydrogen-bond acceptors (Lipinski definition) is 2. The molecule has 0 atom stereocenters. The van der Waals surface area contributed by atoms with Crippen LogP contribution < -0.4 is 0 Å². The predicted molar refractivity (Wildman–Crippen MR) is 73.8 cm³/mol. The van der Waals surface area contributed by atoms with Crippen LogP contribution in [0.4, 0.5) is 8.78 Å². The molecule has 1 aromatic carbocycles. The van der Waals surface area contributed by atoms with Crippen LogP contribution in [0.25, 0.3) is 11.4 Å². The van der Waals surface area contributed by atoms with Gasteiger partial charge in [-0.15, -0.1) is 0 Å². The molecule has 0 N–H and O–H groups in total. The molecular formula is C16H14F2N2. The molecule has 0 saturated carbocycles. The monoisotopic (exact) mass is 272 g/mol. The van der Waals surface area contributed by atoms with E-state index in [4.69, 9.17) is 0 Å². The minimum absolute atomic E-state index is 0.350. The Kier molecular flexibility index (Phi) is 4.78. The highest BCUT2D eigenvalue weighted by Gasteiger charge is 2.06. The maximum absolute atomic E-state index is 13.1. The molecule has 20 heavy (non-hydrogen) atoms. The lowest BCUT2D eigenvalue weighted by molar-refractivity contribution is 0.509. The third-order valence-electron chi connectivity index (χ3n) is 2.72. The lowest BCUT2D eigenvalue weighted by atomic mass is 10.2. The smallest absolute Gasteiger partial charge is 0.159 e. The van der Waals surface area contributed by atoms with Crippen LogP contribution in [0.3, 0.4) is 0 Å². The summed E-state index contributed by atoms with van der Waals surface area (Å²) in [6, 6.07) is 3.59. The molecule has 0 fully saturated rings.